The molecule has 0 saturated heterocycles. The number of nitrogens with zero attached hydrogens (tertiary/aromatic N) is 1. The van der Waals surface area contributed by atoms with Crippen molar-refractivity contribution in [3.8, 4) is 5.95 Å². The molecule has 0 radical (unpaired) electrons. The molecule has 0 N–H and O–H groups in total. The van der Waals surface area contributed by atoms with Crippen LogP contribution in [0.15, 0.2) is 23.1 Å². The lowest BCUT2D eigenvalue weighted by molar-refractivity contribution is -0.118. The molecule has 17 heavy (non-hydrogen) atoms. The van der Waals surface area contributed by atoms with Crippen LogP contribution < -0.4 is 9.64 Å². The van der Waals surface area contributed by atoms with Gasteiger partial charge in [0.15, 0.2) is 0 Å². The summed E-state index contributed by atoms with van der Waals surface area (Å²) in [5.41, 5.74) is 1.06. The molecule has 1 amide bonds. The van der Waals surface area contributed by atoms with E-state index in [4.69, 9.17) is 9.15 Å². The van der Waals surface area contributed by atoms with Gasteiger partial charge < -0.3 is 9.15 Å². The van der Waals surface area contributed by atoms with Crippen LogP contribution in [0.25, 0.3) is 0 Å². The Bertz CT molecular complexity index is 422. The van der Waals surface area contributed by atoms with Crippen LogP contribution in [0.5, 0.6) is 5.95 Å². The lowest BCUT2D eigenvalue weighted by Crippen LogP contribution is -2.34. The number of anilines is 1. The Morgan fingerprint density at radius 2 is 2.53 bits per heavy atom. The number of fused-ring (bicyclic) bond motifs is 1. The topological polar surface area (TPSA) is 42.7 Å². The summed E-state index contributed by atoms with van der Waals surface area (Å²) in [7, 11) is 1.56. The van der Waals surface area contributed by atoms with Crippen LogP contribution in [0, 0.1) is 0 Å². The van der Waals surface area contributed by atoms with E-state index >= 15 is 0 Å². The number of allylic oxidation sites excluding steroid dienone is 1. The maximum absolute atomic E-state index is 12.0. The maximum Gasteiger partial charge on any atom is 0.286 e. The molecule has 0 aromatic carbocycles. The van der Waals surface area contributed by atoms with Crippen molar-refractivity contribution in [3.05, 3.63) is 24.3 Å². The van der Waals surface area contributed by atoms with Crippen LogP contribution in [-0.4, -0.2) is 19.6 Å². The van der Waals surface area contributed by atoms with E-state index in [1.807, 2.05) is 6.07 Å². The monoisotopic (exact) mass is 235 g/mol. The fraction of sp³-hybridized carbons (Fsp3) is 0.462. The smallest absolute Gasteiger partial charge is 0.286 e. The third kappa shape index (κ3) is 2.35. The van der Waals surface area contributed by atoms with E-state index in [1.54, 1.807) is 18.1 Å². The van der Waals surface area contributed by atoms with Gasteiger partial charge in [-0.05, 0) is 19.3 Å². The van der Waals surface area contributed by atoms with Crippen molar-refractivity contribution < 1.29 is 13.9 Å². The van der Waals surface area contributed by atoms with Gasteiger partial charge in [0, 0.05) is 24.6 Å². The van der Waals surface area contributed by atoms with E-state index < -0.39 is 0 Å². The van der Waals surface area contributed by atoms with Crippen LogP contribution in [0.4, 0.5) is 5.88 Å². The van der Waals surface area contributed by atoms with Crippen molar-refractivity contribution in [3.63, 3.8) is 0 Å². The van der Waals surface area contributed by atoms with Gasteiger partial charge in [0.25, 0.3) is 5.95 Å². The number of hydrogen-bond acceptors (Lipinski definition) is 3. The first-order chi connectivity index (χ1) is 8.26. The molecule has 2 heterocycles. The molecule has 1 aromatic heterocycles. The second kappa shape index (κ2) is 5.08. The SMILES string of the molecule is C=CCCC(=O)N1CCCc2cc(OC)oc21. The van der Waals surface area contributed by atoms with Gasteiger partial charge in [-0.2, -0.15) is 0 Å². The van der Waals surface area contributed by atoms with Crippen molar-refractivity contribution >= 4 is 11.8 Å². The van der Waals surface area contributed by atoms with Crippen molar-refractivity contribution in [2.24, 2.45) is 0 Å². The van der Waals surface area contributed by atoms with Gasteiger partial charge in [-0.1, -0.05) is 6.08 Å². The second-order valence-electron chi connectivity index (χ2n) is 4.08. The van der Waals surface area contributed by atoms with Crippen LogP contribution >= 0.6 is 0 Å². The molecule has 0 unspecified atom stereocenters. The lowest BCUT2D eigenvalue weighted by atomic mass is 10.1. The van der Waals surface area contributed by atoms with Crippen LogP contribution in [0.2, 0.25) is 0 Å². The molecule has 0 atom stereocenters. The highest BCUT2D eigenvalue weighted by Gasteiger charge is 2.26. The third-order valence-electron chi connectivity index (χ3n) is 2.90. The summed E-state index contributed by atoms with van der Waals surface area (Å²) in [5.74, 6) is 1.21. The largest absolute Gasteiger partial charge is 0.468 e. The lowest BCUT2D eigenvalue weighted by Gasteiger charge is -2.24. The summed E-state index contributed by atoms with van der Waals surface area (Å²) >= 11 is 0. The number of amides is 1. The molecular formula is C13H17NO3. The van der Waals surface area contributed by atoms with Gasteiger partial charge in [0.2, 0.25) is 11.8 Å². The average molecular weight is 235 g/mol. The molecule has 4 heteroatoms. The number of carbonyl (C=O) groups excluding carboxylic acids is 1. The van der Waals surface area contributed by atoms with Crippen LogP contribution in [0.1, 0.15) is 24.8 Å². The molecule has 2 rings (SSSR count). The number of ether oxygens (including phenoxy) is 1. The predicted octanol–water partition coefficient (Wildman–Crippen LogP) is 2.53. The van der Waals surface area contributed by atoms with E-state index in [0.717, 1.165) is 24.9 Å². The molecule has 0 aliphatic carbocycles. The van der Waals surface area contributed by atoms with E-state index in [0.29, 0.717) is 24.7 Å². The standard InChI is InChI=1S/C13H17NO3/c1-3-4-7-11(15)14-8-5-6-10-9-12(16-2)17-13(10)14/h3,9H,1,4-8H2,2H3. The van der Waals surface area contributed by atoms with E-state index in [-0.39, 0.29) is 5.91 Å². The first-order valence-corrected chi connectivity index (χ1v) is 5.84. The molecule has 1 aliphatic heterocycles. The van der Waals surface area contributed by atoms with Crippen molar-refractivity contribution in [1.29, 1.82) is 0 Å². The Labute approximate surface area is 101 Å². The Morgan fingerprint density at radius 1 is 1.71 bits per heavy atom. The number of furan rings is 1. The number of rotatable bonds is 4. The number of carbonyl (C=O) groups is 1. The highest BCUT2D eigenvalue weighted by atomic mass is 16.6. The number of aryl methyl sites for hydroxylation is 1. The fourth-order valence-electron chi connectivity index (χ4n) is 2.03. The minimum atomic E-state index is 0.0860. The molecule has 0 bridgehead atoms. The minimum Gasteiger partial charge on any atom is -0.468 e. The Balaban J connectivity index is 2.18. The fourth-order valence-corrected chi connectivity index (χ4v) is 2.03. The highest BCUT2D eigenvalue weighted by Crippen LogP contribution is 2.34. The van der Waals surface area contributed by atoms with Crippen molar-refractivity contribution in [1.82, 2.24) is 0 Å². The zero-order valence-electron chi connectivity index (χ0n) is 10.1. The summed E-state index contributed by atoms with van der Waals surface area (Å²) in [6, 6.07) is 1.86. The van der Waals surface area contributed by atoms with Gasteiger partial charge in [-0.25, -0.2) is 0 Å². The molecule has 92 valence electrons. The molecule has 1 aromatic rings. The Hall–Kier alpha value is -1.71. The molecule has 4 nitrogen and oxygen atoms in total. The number of hydrogen-bond donors (Lipinski definition) is 0. The highest BCUT2D eigenvalue weighted by molar-refractivity contribution is 5.93. The van der Waals surface area contributed by atoms with Crippen LogP contribution in [-0.2, 0) is 11.2 Å². The Kier molecular flexibility index (Phi) is 3.52. The number of methoxy groups -OCH3 is 1. The summed E-state index contributed by atoms with van der Waals surface area (Å²) in [6.45, 7) is 4.35. The molecule has 0 fully saturated rings. The van der Waals surface area contributed by atoms with Crippen molar-refractivity contribution in [2.75, 3.05) is 18.6 Å². The van der Waals surface area contributed by atoms with Crippen LogP contribution in [0.3, 0.4) is 0 Å². The van der Waals surface area contributed by atoms with Gasteiger partial charge in [-0.15, -0.1) is 6.58 Å². The quantitative estimate of drug-likeness (QED) is 0.753. The summed E-state index contributed by atoms with van der Waals surface area (Å²) in [6.07, 6.45) is 4.84. The average Bonchev–Trinajstić information content (AvgIpc) is 2.78. The van der Waals surface area contributed by atoms with Crippen molar-refractivity contribution in [2.45, 2.75) is 25.7 Å². The molecule has 0 saturated carbocycles. The molecule has 1 aliphatic rings. The third-order valence-corrected chi connectivity index (χ3v) is 2.90. The van der Waals surface area contributed by atoms with Gasteiger partial charge in [0.1, 0.15) is 0 Å². The normalized spacial score (nSPS) is 14.3. The summed E-state index contributed by atoms with van der Waals surface area (Å²) in [4.78, 5) is 13.7. The summed E-state index contributed by atoms with van der Waals surface area (Å²) in [5, 5.41) is 0. The Morgan fingerprint density at radius 3 is 3.24 bits per heavy atom. The van der Waals surface area contributed by atoms with E-state index in [1.165, 1.54) is 0 Å². The van der Waals surface area contributed by atoms with E-state index in [2.05, 4.69) is 6.58 Å². The first-order valence-electron chi connectivity index (χ1n) is 5.84. The maximum atomic E-state index is 12.0. The van der Waals surface area contributed by atoms with Gasteiger partial charge in [0.05, 0.1) is 7.11 Å². The van der Waals surface area contributed by atoms with E-state index in [9.17, 15) is 4.79 Å². The minimum absolute atomic E-state index is 0.0860. The summed E-state index contributed by atoms with van der Waals surface area (Å²) < 4.78 is 10.6. The zero-order chi connectivity index (χ0) is 12.3. The molecular weight excluding hydrogens is 218 g/mol. The second-order valence-corrected chi connectivity index (χ2v) is 4.08. The first kappa shape index (κ1) is 11.8. The zero-order valence-corrected chi connectivity index (χ0v) is 10.1. The van der Waals surface area contributed by atoms with Gasteiger partial charge in [-0.3, -0.25) is 9.69 Å². The predicted molar refractivity (Wildman–Crippen MR) is 65.4 cm³/mol. The molecule has 0 spiro atoms. The van der Waals surface area contributed by atoms with Gasteiger partial charge >= 0.3 is 0 Å².